The number of nitrogens with two attached hydrogens (primary N) is 1. The van der Waals surface area contributed by atoms with Crippen LogP contribution in [0.1, 0.15) is 18.1 Å². The number of hydrogen-bond donors (Lipinski definition) is 3. The third kappa shape index (κ3) is 2.25. The summed E-state index contributed by atoms with van der Waals surface area (Å²) in [4.78, 5) is 0. The van der Waals surface area contributed by atoms with Gasteiger partial charge in [-0.25, -0.2) is 0 Å². The fraction of sp³-hybridized carbons (Fsp3) is 0.455. The molecule has 0 aromatic heterocycles. The van der Waals surface area contributed by atoms with E-state index >= 15 is 0 Å². The van der Waals surface area contributed by atoms with Crippen LogP contribution in [0, 0.1) is 5.92 Å². The van der Waals surface area contributed by atoms with Crippen LogP contribution in [0.3, 0.4) is 0 Å². The molecular weight excluding hydrogens is 212 g/mol. The van der Waals surface area contributed by atoms with Crippen molar-refractivity contribution < 1.29 is 5.11 Å². The SMILES string of the molecule is Nc1ccc(Cl)cc1C(O)C1CCNC1. The maximum Gasteiger partial charge on any atom is 0.0851 e. The molecule has 1 saturated heterocycles. The molecule has 2 atom stereocenters. The molecule has 0 bridgehead atoms. The minimum Gasteiger partial charge on any atom is -0.398 e. The molecule has 1 aromatic rings. The Balaban J connectivity index is 2.23. The van der Waals surface area contributed by atoms with E-state index in [0.29, 0.717) is 10.7 Å². The zero-order valence-corrected chi connectivity index (χ0v) is 9.17. The number of rotatable bonds is 2. The van der Waals surface area contributed by atoms with E-state index in [-0.39, 0.29) is 5.92 Å². The lowest BCUT2D eigenvalue weighted by Gasteiger charge is -2.19. The highest BCUT2D eigenvalue weighted by atomic mass is 35.5. The molecule has 0 saturated carbocycles. The Labute approximate surface area is 94.2 Å². The molecule has 2 rings (SSSR count). The molecular formula is C11H15ClN2O. The summed E-state index contributed by atoms with van der Waals surface area (Å²) in [6, 6.07) is 5.23. The van der Waals surface area contributed by atoms with Crippen LogP contribution in [0.4, 0.5) is 5.69 Å². The molecule has 0 radical (unpaired) electrons. The molecule has 0 aliphatic carbocycles. The van der Waals surface area contributed by atoms with Gasteiger partial charge >= 0.3 is 0 Å². The quantitative estimate of drug-likeness (QED) is 0.671. The van der Waals surface area contributed by atoms with Crippen LogP contribution < -0.4 is 11.1 Å². The summed E-state index contributed by atoms with van der Waals surface area (Å²) in [6.45, 7) is 1.80. The Kier molecular flexibility index (Phi) is 3.14. The first-order valence-corrected chi connectivity index (χ1v) is 5.50. The van der Waals surface area contributed by atoms with Crippen LogP contribution in [0.15, 0.2) is 18.2 Å². The first-order chi connectivity index (χ1) is 7.18. The fourth-order valence-electron chi connectivity index (χ4n) is 2.00. The van der Waals surface area contributed by atoms with Gasteiger partial charge in [0.05, 0.1) is 6.10 Å². The second kappa shape index (κ2) is 4.39. The average Bonchev–Trinajstić information content (AvgIpc) is 2.74. The van der Waals surface area contributed by atoms with Gasteiger partial charge in [-0.05, 0) is 31.2 Å². The predicted octanol–water partition coefficient (Wildman–Crippen LogP) is 1.57. The third-order valence-electron chi connectivity index (χ3n) is 2.91. The molecule has 1 aromatic carbocycles. The number of nitrogen functional groups attached to an aromatic ring is 1. The molecule has 0 spiro atoms. The zero-order valence-electron chi connectivity index (χ0n) is 8.41. The maximum absolute atomic E-state index is 10.1. The van der Waals surface area contributed by atoms with Crippen molar-refractivity contribution in [3.8, 4) is 0 Å². The Morgan fingerprint density at radius 3 is 3.00 bits per heavy atom. The lowest BCUT2D eigenvalue weighted by molar-refractivity contribution is 0.119. The van der Waals surface area contributed by atoms with Crippen molar-refractivity contribution >= 4 is 17.3 Å². The summed E-state index contributed by atoms with van der Waals surface area (Å²) in [7, 11) is 0. The van der Waals surface area contributed by atoms with Gasteiger partial charge in [0.1, 0.15) is 0 Å². The Morgan fingerprint density at radius 1 is 1.53 bits per heavy atom. The predicted molar refractivity (Wildman–Crippen MR) is 61.8 cm³/mol. The van der Waals surface area contributed by atoms with Crippen LogP contribution >= 0.6 is 11.6 Å². The summed E-state index contributed by atoms with van der Waals surface area (Å²) < 4.78 is 0. The number of aliphatic hydroxyl groups excluding tert-OH is 1. The monoisotopic (exact) mass is 226 g/mol. The smallest absolute Gasteiger partial charge is 0.0851 e. The highest BCUT2D eigenvalue weighted by Gasteiger charge is 2.25. The number of nitrogens with one attached hydrogen (secondary N) is 1. The van der Waals surface area contributed by atoms with Crippen molar-refractivity contribution in [2.75, 3.05) is 18.8 Å². The molecule has 82 valence electrons. The molecule has 4 N–H and O–H groups in total. The summed E-state index contributed by atoms with van der Waals surface area (Å²) >= 11 is 5.89. The standard InChI is InChI=1S/C11H15ClN2O/c12-8-1-2-10(13)9(5-8)11(15)7-3-4-14-6-7/h1-2,5,7,11,14-15H,3-4,6,13H2. The van der Waals surface area contributed by atoms with Crippen molar-refractivity contribution in [3.63, 3.8) is 0 Å². The fourth-order valence-corrected chi connectivity index (χ4v) is 2.18. The van der Waals surface area contributed by atoms with Gasteiger partial charge in [-0.1, -0.05) is 11.6 Å². The van der Waals surface area contributed by atoms with Crippen LogP contribution in [-0.4, -0.2) is 18.2 Å². The van der Waals surface area contributed by atoms with Crippen LogP contribution in [-0.2, 0) is 0 Å². The summed E-state index contributed by atoms with van der Waals surface area (Å²) in [6.07, 6.45) is 0.464. The zero-order chi connectivity index (χ0) is 10.8. The van der Waals surface area contributed by atoms with E-state index in [1.54, 1.807) is 18.2 Å². The molecule has 0 amide bonds. The van der Waals surface area contributed by atoms with Gasteiger partial charge in [-0.3, -0.25) is 0 Å². The topological polar surface area (TPSA) is 58.3 Å². The van der Waals surface area contributed by atoms with Gasteiger partial charge in [0.25, 0.3) is 0 Å². The van der Waals surface area contributed by atoms with Crippen molar-refractivity contribution in [1.29, 1.82) is 0 Å². The lowest BCUT2D eigenvalue weighted by Crippen LogP contribution is -2.17. The van der Waals surface area contributed by atoms with Gasteiger partial charge in [-0.15, -0.1) is 0 Å². The van der Waals surface area contributed by atoms with Gasteiger partial charge in [0, 0.05) is 28.7 Å². The molecule has 1 heterocycles. The Bertz CT molecular complexity index is 350. The van der Waals surface area contributed by atoms with Crippen molar-refractivity contribution in [1.82, 2.24) is 5.32 Å². The molecule has 1 aliphatic rings. The molecule has 1 fully saturated rings. The highest BCUT2D eigenvalue weighted by molar-refractivity contribution is 6.30. The second-order valence-corrected chi connectivity index (χ2v) is 4.41. The van der Waals surface area contributed by atoms with Gasteiger partial charge in [0.2, 0.25) is 0 Å². The summed E-state index contributed by atoms with van der Waals surface area (Å²) in [5.74, 6) is 0.241. The molecule has 2 unspecified atom stereocenters. The van der Waals surface area contributed by atoms with Crippen LogP contribution in [0.2, 0.25) is 5.02 Å². The van der Waals surface area contributed by atoms with E-state index in [2.05, 4.69) is 5.32 Å². The molecule has 1 aliphatic heterocycles. The number of halogens is 1. The first kappa shape index (κ1) is 10.7. The lowest BCUT2D eigenvalue weighted by atomic mass is 9.94. The highest BCUT2D eigenvalue weighted by Crippen LogP contribution is 2.31. The maximum atomic E-state index is 10.1. The first-order valence-electron chi connectivity index (χ1n) is 5.12. The van der Waals surface area contributed by atoms with Crippen LogP contribution in [0.5, 0.6) is 0 Å². The molecule has 4 heteroatoms. The van der Waals surface area contributed by atoms with Gasteiger partial charge in [-0.2, -0.15) is 0 Å². The van der Waals surface area contributed by atoms with Crippen molar-refractivity contribution in [2.24, 2.45) is 5.92 Å². The van der Waals surface area contributed by atoms with Crippen molar-refractivity contribution in [2.45, 2.75) is 12.5 Å². The van der Waals surface area contributed by atoms with Crippen molar-refractivity contribution in [3.05, 3.63) is 28.8 Å². The number of hydrogen-bond acceptors (Lipinski definition) is 3. The second-order valence-electron chi connectivity index (χ2n) is 3.97. The minimum absolute atomic E-state index is 0.241. The summed E-state index contributed by atoms with van der Waals surface area (Å²) in [5, 5.41) is 14.0. The van der Waals surface area contributed by atoms with E-state index in [1.807, 2.05) is 0 Å². The average molecular weight is 227 g/mol. The van der Waals surface area contributed by atoms with Gasteiger partial charge < -0.3 is 16.2 Å². The van der Waals surface area contributed by atoms with E-state index in [0.717, 1.165) is 25.1 Å². The normalized spacial score (nSPS) is 22.9. The minimum atomic E-state index is -0.515. The van der Waals surface area contributed by atoms with E-state index in [9.17, 15) is 5.11 Å². The third-order valence-corrected chi connectivity index (χ3v) is 3.15. The Hall–Kier alpha value is -0.770. The van der Waals surface area contributed by atoms with E-state index in [4.69, 9.17) is 17.3 Å². The Morgan fingerprint density at radius 2 is 2.33 bits per heavy atom. The van der Waals surface area contributed by atoms with Gasteiger partial charge in [0.15, 0.2) is 0 Å². The van der Waals surface area contributed by atoms with Crippen LogP contribution in [0.25, 0.3) is 0 Å². The number of aliphatic hydroxyl groups is 1. The largest absolute Gasteiger partial charge is 0.398 e. The molecule has 15 heavy (non-hydrogen) atoms. The van der Waals surface area contributed by atoms with E-state index in [1.165, 1.54) is 0 Å². The number of benzene rings is 1. The molecule has 3 nitrogen and oxygen atoms in total. The summed E-state index contributed by atoms with van der Waals surface area (Å²) in [5.41, 5.74) is 7.18. The van der Waals surface area contributed by atoms with E-state index < -0.39 is 6.10 Å². The number of anilines is 1.